The number of hydrogen-bond acceptors (Lipinski definition) is 3. The second-order valence-electron chi connectivity index (χ2n) is 5.37. The topological polar surface area (TPSA) is 55.5 Å². The molecule has 0 amide bonds. The van der Waals surface area contributed by atoms with Crippen LogP contribution in [0.3, 0.4) is 0 Å². The molecule has 2 rings (SSSR count). The number of rotatable bonds is 5. The molecule has 0 spiro atoms. The Bertz CT molecular complexity index is 428. The molecule has 0 unspecified atom stereocenters. The molecule has 1 aliphatic carbocycles. The first kappa shape index (κ1) is 18.1. The maximum atomic E-state index is 12.2. The number of aliphatic hydroxyl groups is 1. The van der Waals surface area contributed by atoms with Gasteiger partial charge in [-0.2, -0.15) is 8.78 Å². The van der Waals surface area contributed by atoms with Crippen LogP contribution in [0.1, 0.15) is 43.7 Å². The molecular formula is C15H22ClF2NO2. The lowest BCUT2D eigenvalue weighted by Gasteiger charge is -2.30. The van der Waals surface area contributed by atoms with E-state index in [1.807, 2.05) is 0 Å². The van der Waals surface area contributed by atoms with Gasteiger partial charge >= 0.3 is 6.61 Å². The average molecular weight is 322 g/mol. The molecule has 2 atom stereocenters. The van der Waals surface area contributed by atoms with Gasteiger partial charge in [0.15, 0.2) is 0 Å². The van der Waals surface area contributed by atoms with E-state index in [9.17, 15) is 13.9 Å². The fraction of sp³-hybridized carbons (Fsp3) is 0.600. The standard InChI is InChI=1S/C15H21F2NO2.ClH/c16-15(17)20-12-8-4-7-11(9-12)13(18)14(19)10-5-2-1-3-6-10;/h4,7-10,13-15,19H,1-3,5-6,18H2;1H/t13-,14+;/m0./s1. The summed E-state index contributed by atoms with van der Waals surface area (Å²) in [4.78, 5) is 0. The minimum atomic E-state index is -2.86. The van der Waals surface area contributed by atoms with Crippen molar-refractivity contribution in [2.24, 2.45) is 11.7 Å². The average Bonchev–Trinajstić information content (AvgIpc) is 2.46. The maximum Gasteiger partial charge on any atom is 0.387 e. The van der Waals surface area contributed by atoms with Gasteiger partial charge in [0.25, 0.3) is 0 Å². The summed E-state index contributed by atoms with van der Waals surface area (Å²) in [5.41, 5.74) is 6.70. The third-order valence-electron chi connectivity index (χ3n) is 3.97. The molecule has 1 aliphatic rings. The van der Waals surface area contributed by atoms with E-state index in [1.54, 1.807) is 12.1 Å². The zero-order chi connectivity index (χ0) is 14.5. The highest BCUT2D eigenvalue weighted by Crippen LogP contribution is 2.32. The maximum absolute atomic E-state index is 12.2. The fourth-order valence-electron chi connectivity index (χ4n) is 2.86. The molecule has 0 radical (unpaired) electrons. The minimum absolute atomic E-state index is 0. The van der Waals surface area contributed by atoms with E-state index < -0.39 is 18.8 Å². The van der Waals surface area contributed by atoms with Crippen molar-refractivity contribution in [3.8, 4) is 5.75 Å². The van der Waals surface area contributed by atoms with Gasteiger partial charge in [0, 0.05) is 0 Å². The Morgan fingerprint density at radius 3 is 2.48 bits per heavy atom. The van der Waals surface area contributed by atoms with Gasteiger partial charge in [0.2, 0.25) is 0 Å². The Hall–Kier alpha value is -0.910. The smallest absolute Gasteiger partial charge is 0.387 e. The number of aliphatic hydroxyl groups excluding tert-OH is 1. The molecule has 0 aromatic heterocycles. The lowest BCUT2D eigenvalue weighted by Crippen LogP contribution is -2.34. The number of hydrogen-bond donors (Lipinski definition) is 2. The van der Waals surface area contributed by atoms with Crippen LogP contribution >= 0.6 is 12.4 Å². The van der Waals surface area contributed by atoms with Gasteiger partial charge in [-0.3, -0.25) is 0 Å². The van der Waals surface area contributed by atoms with Crippen LogP contribution in [0.25, 0.3) is 0 Å². The third-order valence-corrected chi connectivity index (χ3v) is 3.97. The van der Waals surface area contributed by atoms with Crippen molar-refractivity contribution in [1.29, 1.82) is 0 Å². The zero-order valence-electron chi connectivity index (χ0n) is 11.8. The van der Waals surface area contributed by atoms with E-state index in [0.29, 0.717) is 5.56 Å². The van der Waals surface area contributed by atoms with Crippen LogP contribution in [0.5, 0.6) is 5.75 Å². The molecule has 3 N–H and O–H groups in total. The SMILES string of the molecule is Cl.N[C@@H](c1cccc(OC(F)F)c1)[C@H](O)C1CCCCC1. The van der Waals surface area contributed by atoms with Crippen molar-refractivity contribution < 1.29 is 18.6 Å². The van der Waals surface area contributed by atoms with Crippen molar-refractivity contribution in [1.82, 2.24) is 0 Å². The normalized spacial score (nSPS) is 18.9. The Labute approximate surface area is 129 Å². The van der Waals surface area contributed by atoms with Gasteiger partial charge in [-0.25, -0.2) is 0 Å². The highest BCUT2D eigenvalue weighted by molar-refractivity contribution is 5.85. The van der Waals surface area contributed by atoms with Crippen LogP contribution in [-0.2, 0) is 0 Å². The molecule has 120 valence electrons. The molecule has 0 saturated heterocycles. The summed E-state index contributed by atoms with van der Waals surface area (Å²) in [6.45, 7) is -2.86. The van der Waals surface area contributed by atoms with Crippen molar-refractivity contribution in [3.63, 3.8) is 0 Å². The first-order chi connectivity index (χ1) is 9.58. The molecule has 0 bridgehead atoms. The second-order valence-corrected chi connectivity index (χ2v) is 5.37. The number of nitrogens with two attached hydrogens (primary N) is 1. The quantitative estimate of drug-likeness (QED) is 0.870. The molecule has 1 fully saturated rings. The predicted octanol–water partition coefficient (Wildman–Crippen LogP) is 3.65. The summed E-state index contributed by atoms with van der Waals surface area (Å²) in [5.74, 6) is 0.266. The molecular weight excluding hydrogens is 300 g/mol. The van der Waals surface area contributed by atoms with E-state index in [2.05, 4.69) is 4.74 Å². The van der Waals surface area contributed by atoms with Crippen LogP contribution in [0.15, 0.2) is 24.3 Å². The predicted molar refractivity (Wildman–Crippen MR) is 79.8 cm³/mol. The van der Waals surface area contributed by atoms with Gasteiger partial charge in [-0.05, 0) is 36.5 Å². The third kappa shape index (κ3) is 5.09. The monoisotopic (exact) mass is 321 g/mol. The number of alkyl halides is 2. The van der Waals surface area contributed by atoms with Crippen LogP contribution < -0.4 is 10.5 Å². The van der Waals surface area contributed by atoms with E-state index in [1.165, 1.54) is 18.6 Å². The number of benzene rings is 1. The summed E-state index contributed by atoms with van der Waals surface area (Å²) >= 11 is 0. The number of halogens is 3. The van der Waals surface area contributed by atoms with Crippen LogP contribution in [0.4, 0.5) is 8.78 Å². The lowest BCUT2D eigenvalue weighted by atomic mass is 9.81. The first-order valence-electron chi connectivity index (χ1n) is 7.06. The zero-order valence-corrected chi connectivity index (χ0v) is 12.6. The highest BCUT2D eigenvalue weighted by Gasteiger charge is 2.27. The van der Waals surface area contributed by atoms with Crippen LogP contribution in [-0.4, -0.2) is 17.8 Å². The summed E-state index contributed by atoms with van der Waals surface area (Å²) in [6, 6.07) is 5.70. The van der Waals surface area contributed by atoms with E-state index in [0.717, 1.165) is 25.7 Å². The van der Waals surface area contributed by atoms with Crippen molar-refractivity contribution in [2.75, 3.05) is 0 Å². The molecule has 1 saturated carbocycles. The van der Waals surface area contributed by atoms with Crippen molar-refractivity contribution in [3.05, 3.63) is 29.8 Å². The second kappa shape index (κ2) is 8.51. The van der Waals surface area contributed by atoms with E-state index in [4.69, 9.17) is 5.73 Å². The fourth-order valence-corrected chi connectivity index (χ4v) is 2.86. The van der Waals surface area contributed by atoms with E-state index >= 15 is 0 Å². The summed E-state index contributed by atoms with van der Waals surface area (Å²) in [7, 11) is 0. The van der Waals surface area contributed by atoms with Crippen LogP contribution in [0, 0.1) is 5.92 Å². The minimum Gasteiger partial charge on any atom is -0.435 e. The van der Waals surface area contributed by atoms with Crippen LogP contribution in [0.2, 0.25) is 0 Å². The Morgan fingerprint density at radius 2 is 1.86 bits per heavy atom. The van der Waals surface area contributed by atoms with Gasteiger partial charge in [-0.15, -0.1) is 12.4 Å². The molecule has 1 aromatic carbocycles. The largest absolute Gasteiger partial charge is 0.435 e. The van der Waals surface area contributed by atoms with Gasteiger partial charge in [0.1, 0.15) is 5.75 Å². The first-order valence-corrected chi connectivity index (χ1v) is 7.06. The molecule has 3 nitrogen and oxygen atoms in total. The van der Waals surface area contributed by atoms with Gasteiger partial charge < -0.3 is 15.6 Å². The van der Waals surface area contributed by atoms with Crippen molar-refractivity contribution in [2.45, 2.75) is 50.9 Å². The van der Waals surface area contributed by atoms with E-state index in [-0.39, 0.29) is 24.1 Å². The highest BCUT2D eigenvalue weighted by atomic mass is 35.5. The van der Waals surface area contributed by atoms with Gasteiger partial charge in [-0.1, -0.05) is 31.4 Å². The summed E-state index contributed by atoms with van der Waals surface area (Å²) in [6.07, 6.45) is 4.74. The molecule has 21 heavy (non-hydrogen) atoms. The Balaban J connectivity index is 0.00000220. The van der Waals surface area contributed by atoms with Gasteiger partial charge in [0.05, 0.1) is 12.1 Å². The molecule has 0 aliphatic heterocycles. The van der Waals surface area contributed by atoms with Crippen molar-refractivity contribution >= 4 is 12.4 Å². The molecule has 1 aromatic rings. The lowest BCUT2D eigenvalue weighted by molar-refractivity contribution is -0.0499. The number of ether oxygens (including phenoxy) is 1. The Kier molecular flexibility index (Phi) is 7.35. The molecule has 0 heterocycles. The summed E-state index contributed by atoms with van der Waals surface area (Å²) < 4.78 is 28.8. The molecule has 6 heteroatoms. The Morgan fingerprint density at radius 1 is 1.19 bits per heavy atom. The summed E-state index contributed by atoms with van der Waals surface area (Å²) in [5, 5.41) is 10.4.